The van der Waals surface area contributed by atoms with Crippen LogP contribution in [-0.4, -0.2) is 13.4 Å². The molecule has 2 rings (SSSR count). The van der Waals surface area contributed by atoms with Gasteiger partial charge in [-0.1, -0.05) is 18.2 Å². The fourth-order valence-corrected chi connectivity index (χ4v) is 1.85. The van der Waals surface area contributed by atoms with Crippen LogP contribution in [0.2, 0.25) is 0 Å². The lowest BCUT2D eigenvalue weighted by molar-refractivity contribution is 0.552. The second-order valence-corrected chi connectivity index (χ2v) is 4.53. The summed E-state index contributed by atoms with van der Waals surface area (Å²) in [4.78, 5) is 3.70. The van der Waals surface area contributed by atoms with E-state index in [2.05, 4.69) is 4.98 Å². The molecule has 1 aromatic carbocycles. The lowest BCUT2D eigenvalue weighted by Crippen LogP contribution is -1.92. The van der Waals surface area contributed by atoms with Crippen LogP contribution in [0.25, 0.3) is 11.3 Å². The molecule has 0 atom stereocenters. The third-order valence-electron chi connectivity index (χ3n) is 2.08. The first-order chi connectivity index (χ1) is 7.57. The smallest absolute Gasteiger partial charge is 0.256 e. The monoisotopic (exact) mass is 237 g/mol. The molecule has 0 spiro atoms. The molecule has 0 fully saturated rings. The molecule has 1 heterocycles. The van der Waals surface area contributed by atoms with Gasteiger partial charge in [-0.25, -0.2) is 0 Å². The van der Waals surface area contributed by atoms with Crippen molar-refractivity contribution >= 4 is 10.2 Å². The number of nitrogens with zero attached hydrogens (tertiary/aromatic N) is 1. The topological polar surface area (TPSA) is 47.0 Å². The van der Waals surface area contributed by atoms with Crippen molar-refractivity contribution in [2.24, 2.45) is 0 Å². The van der Waals surface area contributed by atoms with E-state index in [1.54, 1.807) is 30.5 Å². The Bertz CT molecular complexity index is 596. The Morgan fingerprint density at radius 1 is 1.06 bits per heavy atom. The minimum absolute atomic E-state index is 0.351. The minimum atomic E-state index is -4.66. The molecular formula is C11H8FNO2S. The Kier molecular flexibility index (Phi) is 2.70. The molecule has 1 aromatic heterocycles. The first kappa shape index (κ1) is 10.8. The predicted octanol–water partition coefficient (Wildman–Crippen LogP) is 2.41. The second-order valence-electron chi connectivity index (χ2n) is 3.18. The van der Waals surface area contributed by atoms with Crippen molar-refractivity contribution in [1.29, 1.82) is 0 Å². The molecule has 0 aliphatic rings. The molecule has 2 aromatic rings. The zero-order chi connectivity index (χ0) is 11.6. The summed E-state index contributed by atoms with van der Waals surface area (Å²) in [5, 5.41) is 0. The van der Waals surface area contributed by atoms with E-state index < -0.39 is 10.2 Å². The van der Waals surface area contributed by atoms with E-state index in [1.807, 2.05) is 0 Å². The quantitative estimate of drug-likeness (QED) is 0.753. The van der Waals surface area contributed by atoms with E-state index in [0.29, 0.717) is 11.3 Å². The summed E-state index contributed by atoms with van der Waals surface area (Å²) < 4.78 is 34.2. The van der Waals surface area contributed by atoms with Gasteiger partial charge in [-0.3, -0.25) is 4.98 Å². The molecule has 0 aliphatic heterocycles. The van der Waals surface area contributed by atoms with Crippen molar-refractivity contribution in [2.75, 3.05) is 0 Å². The van der Waals surface area contributed by atoms with Gasteiger partial charge in [0.25, 0.3) is 0 Å². The number of benzene rings is 1. The third kappa shape index (κ3) is 2.25. The van der Waals surface area contributed by atoms with Gasteiger partial charge in [-0.05, 0) is 24.3 Å². The molecule has 0 saturated heterocycles. The highest BCUT2D eigenvalue weighted by atomic mass is 32.3. The van der Waals surface area contributed by atoms with E-state index in [9.17, 15) is 12.3 Å². The van der Waals surface area contributed by atoms with Crippen LogP contribution in [0.15, 0.2) is 53.6 Å². The molecule has 0 amide bonds. The van der Waals surface area contributed by atoms with Crippen LogP contribution in [-0.2, 0) is 10.2 Å². The molecule has 0 bridgehead atoms. The zero-order valence-electron chi connectivity index (χ0n) is 8.17. The average Bonchev–Trinajstić information content (AvgIpc) is 2.29. The van der Waals surface area contributed by atoms with Crippen LogP contribution in [0.1, 0.15) is 0 Å². The van der Waals surface area contributed by atoms with Gasteiger partial charge in [0.15, 0.2) is 0 Å². The summed E-state index contributed by atoms with van der Waals surface area (Å²) in [7, 11) is -4.66. The van der Waals surface area contributed by atoms with Crippen LogP contribution < -0.4 is 0 Å². The fraction of sp³-hybridized carbons (Fsp3) is 0. The number of pyridine rings is 1. The van der Waals surface area contributed by atoms with Crippen molar-refractivity contribution in [3.8, 4) is 11.3 Å². The lowest BCUT2D eigenvalue weighted by atomic mass is 10.1. The molecule has 82 valence electrons. The molecule has 3 nitrogen and oxygen atoms in total. The van der Waals surface area contributed by atoms with Crippen molar-refractivity contribution in [2.45, 2.75) is 4.90 Å². The van der Waals surface area contributed by atoms with E-state index in [1.165, 1.54) is 18.2 Å². The van der Waals surface area contributed by atoms with Gasteiger partial charge in [-0.15, -0.1) is 3.89 Å². The van der Waals surface area contributed by atoms with E-state index in [-0.39, 0.29) is 4.90 Å². The molecule has 0 saturated carbocycles. The van der Waals surface area contributed by atoms with Gasteiger partial charge in [-0.2, -0.15) is 8.42 Å². The van der Waals surface area contributed by atoms with Crippen molar-refractivity contribution < 1.29 is 12.3 Å². The van der Waals surface area contributed by atoms with Crippen LogP contribution >= 0.6 is 0 Å². The summed E-state index contributed by atoms with van der Waals surface area (Å²) in [6.45, 7) is 0. The Hall–Kier alpha value is -1.75. The van der Waals surface area contributed by atoms with Crippen LogP contribution in [0, 0.1) is 0 Å². The zero-order valence-corrected chi connectivity index (χ0v) is 8.99. The van der Waals surface area contributed by atoms with Gasteiger partial charge >= 0.3 is 10.2 Å². The summed E-state index contributed by atoms with van der Waals surface area (Å²) in [6, 6.07) is 10.9. The van der Waals surface area contributed by atoms with Gasteiger partial charge in [0, 0.05) is 11.8 Å². The number of rotatable bonds is 2. The standard InChI is InChI=1S/C11H8FNO2S/c12-16(14,15)10-5-3-4-9(8-10)11-6-1-2-7-13-11/h1-8H. The SMILES string of the molecule is O=S(=O)(F)c1cccc(-c2ccccn2)c1. The number of hydrogen-bond acceptors (Lipinski definition) is 3. The molecule has 5 heteroatoms. The normalized spacial score (nSPS) is 11.3. The van der Waals surface area contributed by atoms with Crippen molar-refractivity contribution in [3.63, 3.8) is 0 Å². The minimum Gasteiger partial charge on any atom is -0.256 e. The van der Waals surface area contributed by atoms with E-state index >= 15 is 0 Å². The molecule has 16 heavy (non-hydrogen) atoms. The molecule has 0 unspecified atom stereocenters. The maximum absolute atomic E-state index is 12.8. The highest BCUT2D eigenvalue weighted by molar-refractivity contribution is 7.86. The summed E-state index contributed by atoms with van der Waals surface area (Å²) in [5.41, 5.74) is 1.17. The Morgan fingerprint density at radius 3 is 2.50 bits per heavy atom. The summed E-state index contributed by atoms with van der Waals surface area (Å²) in [6.07, 6.45) is 1.59. The Labute approximate surface area is 92.8 Å². The first-order valence-corrected chi connectivity index (χ1v) is 5.92. The number of halogens is 1. The molecule has 0 N–H and O–H groups in total. The van der Waals surface area contributed by atoms with E-state index in [4.69, 9.17) is 0 Å². The maximum atomic E-state index is 12.8. The summed E-state index contributed by atoms with van der Waals surface area (Å²) in [5.74, 6) is 0. The summed E-state index contributed by atoms with van der Waals surface area (Å²) >= 11 is 0. The maximum Gasteiger partial charge on any atom is 0.332 e. The second kappa shape index (κ2) is 4.02. The number of aromatic nitrogens is 1. The first-order valence-electron chi connectivity index (χ1n) is 4.53. The Balaban J connectivity index is 2.53. The molecule has 0 aliphatic carbocycles. The highest BCUT2D eigenvalue weighted by Gasteiger charge is 2.12. The number of hydrogen-bond donors (Lipinski definition) is 0. The largest absolute Gasteiger partial charge is 0.332 e. The molecule has 0 radical (unpaired) electrons. The molecular weight excluding hydrogens is 229 g/mol. The average molecular weight is 237 g/mol. The van der Waals surface area contributed by atoms with Gasteiger partial charge in [0.1, 0.15) is 0 Å². The fourth-order valence-electron chi connectivity index (χ4n) is 1.34. The van der Waals surface area contributed by atoms with Gasteiger partial charge < -0.3 is 0 Å². The van der Waals surface area contributed by atoms with Crippen LogP contribution in [0.4, 0.5) is 3.89 Å². The highest BCUT2D eigenvalue weighted by Crippen LogP contribution is 2.21. The lowest BCUT2D eigenvalue weighted by Gasteiger charge is -2.01. The van der Waals surface area contributed by atoms with Crippen molar-refractivity contribution in [1.82, 2.24) is 4.98 Å². The predicted molar refractivity (Wildman–Crippen MR) is 58.0 cm³/mol. The third-order valence-corrected chi connectivity index (χ3v) is 2.89. The van der Waals surface area contributed by atoms with E-state index in [0.717, 1.165) is 0 Å². The van der Waals surface area contributed by atoms with Gasteiger partial charge in [0.05, 0.1) is 10.6 Å². The van der Waals surface area contributed by atoms with Gasteiger partial charge in [0.2, 0.25) is 0 Å². The van der Waals surface area contributed by atoms with Crippen LogP contribution in [0.3, 0.4) is 0 Å². The van der Waals surface area contributed by atoms with Crippen LogP contribution in [0.5, 0.6) is 0 Å². The van der Waals surface area contributed by atoms with Crippen molar-refractivity contribution in [3.05, 3.63) is 48.7 Å². The Morgan fingerprint density at radius 2 is 1.88 bits per heavy atom.